The molecule has 1 aromatic heterocycles. The fourth-order valence-electron chi connectivity index (χ4n) is 1.50. The number of carbonyl (C=O) groups excluding carboxylic acids is 1. The summed E-state index contributed by atoms with van der Waals surface area (Å²) >= 11 is 1.13. The van der Waals surface area contributed by atoms with Gasteiger partial charge in [-0.3, -0.25) is 4.79 Å². The highest BCUT2D eigenvalue weighted by Gasteiger charge is 2.21. The molecule has 0 spiro atoms. The number of aliphatic carboxylic acids is 1. The molecule has 22 heavy (non-hydrogen) atoms. The van der Waals surface area contributed by atoms with Crippen LogP contribution in [0.1, 0.15) is 6.42 Å². The van der Waals surface area contributed by atoms with E-state index < -0.39 is 22.0 Å². The van der Waals surface area contributed by atoms with Crippen molar-refractivity contribution in [2.45, 2.75) is 10.6 Å². The van der Waals surface area contributed by atoms with Crippen LogP contribution in [0.3, 0.4) is 0 Å². The van der Waals surface area contributed by atoms with Crippen LogP contribution >= 0.6 is 11.3 Å². The third-order valence-corrected chi connectivity index (χ3v) is 6.10. The lowest BCUT2D eigenvalue weighted by atomic mass is 10.4. The smallest absolute Gasteiger partial charge is 0.317 e. The van der Waals surface area contributed by atoms with Crippen LogP contribution in [-0.2, 0) is 14.8 Å². The Balaban J connectivity index is 2.40. The number of sulfonamides is 1. The van der Waals surface area contributed by atoms with E-state index in [9.17, 15) is 18.0 Å². The van der Waals surface area contributed by atoms with Crippen molar-refractivity contribution in [3.05, 3.63) is 17.5 Å². The summed E-state index contributed by atoms with van der Waals surface area (Å²) in [7, 11) is -0.610. The SMILES string of the molecule is CN(CCC(=O)O)C(=O)NCCN(C)S(=O)(=O)c1cccs1. The Morgan fingerprint density at radius 3 is 2.55 bits per heavy atom. The van der Waals surface area contributed by atoms with Gasteiger partial charge >= 0.3 is 12.0 Å². The Morgan fingerprint density at radius 2 is 2.00 bits per heavy atom. The first-order chi connectivity index (χ1) is 10.2. The van der Waals surface area contributed by atoms with E-state index in [1.807, 2.05) is 0 Å². The number of amides is 2. The van der Waals surface area contributed by atoms with Gasteiger partial charge in [0.25, 0.3) is 10.0 Å². The molecule has 0 aliphatic rings. The van der Waals surface area contributed by atoms with Crippen LogP contribution in [0.25, 0.3) is 0 Å². The largest absolute Gasteiger partial charge is 0.481 e. The van der Waals surface area contributed by atoms with Crippen molar-refractivity contribution in [1.82, 2.24) is 14.5 Å². The summed E-state index contributed by atoms with van der Waals surface area (Å²) in [6.45, 7) is 0.348. The van der Waals surface area contributed by atoms with Gasteiger partial charge in [0.2, 0.25) is 0 Å². The molecule has 0 atom stereocenters. The number of carboxylic acid groups (broad SMARTS) is 1. The number of hydrogen-bond donors (Lipinski definition) is 2. The molecule has 1 heterocycles. The number of carboxylic acids is 1. The van der Waals surface area contributed by atoms with Gasteiger partial charge in [0, 0.05) is 33.7 Å². The molecular formula is C12H19N3O5S2. The fourth-order valence-corrected chi connectivity index (χ4v) is 3.88. The van der Waals surface area contributed by atoms with Crippen LogP contribution in [0.5, 0.6) is 0 Å². The maximum Gasteiger partial charge on any atom is 0.317 e. The van der Waals surface area contributed by atoms with Crippen molar-refractivity contribution >= 4 is 33.4 Å². The quantitative estimate of drug-likeness (QED) is 0.710. The number of hydrogen-bond acceptors (Lipinski definition) is 5. The maximum absolute atomic E-state index is 12.1. The molecule has 1 aromatic rings. The number of thiophene rings is 1. The van der Waals surface area contributed by atoms with Crippen LogP contribution in [-0.4, -0.2) is 68.5 Å². The van der Waals surface area contributed by atoms with Gasteiger partial charge in [-0.1, -0.05) is 6.07 Å². The third-order valence-electron chi connectivity index (χ3n) is 2.87. The van der Waals surface area contributed by atoms with Gasteiger partial charge < -0.3 is 15.3 Å². The molecule has 0 aliphatic carbocycles. The molecule has 0 bridgehead atoms. The van der Waals surface area contributed by atoms with Gasteiger partial charge in [0.15, 0.2) is 0 Å². The van der Waals surface area contributed by atoms with Crippen molar-refractivity contribution in [2.75, 3.05) is 33.7 Å². The zero-order valence-corrected chi connectivity index (χ0v) is 14.0. The average molecular weight is 349 g/mol. The third kappa shape index (κ3) is 5.28. The molecule has 0 unspecified atom stereocenters. The highest BCUT2D eigenvalue weighted by Crippen LogP contribution is 2.19. The lowest BCUT2D eigenvalue weighted by Gasteiger charge is -2.19. The van der Waals surface area contributed by atoms with Crippen LogP contribution < -0.4 is 5.32 Å². The molecule has 0 fully saturated rings. The summed E-state index contributed by atoms with van der Waals surface area (Å²) in [5.41, 5.74) is 0. The normalized spacial score (nSPS) is 11.4. The summed E-state index contributed by atoms with van der Waals surface area (Å²) in [6, 6.07) is 2.74. The summed E-state index contributed by atoms with van der Waals surface area (Å²) < 4.78 is 25.7. The van der Waals surface area contributed by atoms with E-state index >= 15 is 0 Å². The Morgan fingerprint density at radius 1 is 1.32 bits per heavy atom. The summed E-state index contributed by atoms with van der Waals surface area (Å²) in [4.78, 5) is 23.3. The van der Waals surface area contributed by atoms with Crippen molar-refractivity contribution in [3.63, 3.8) is 0 Å². The van der Waals surface area contributed by atoms with Gasteiger partial charge in [-0.25, -0.2) is 13.2 Å². The van der Waals surface area contributed by atoms with Crippen molar-refractivity contribution < 1.29 is 23.1 Å². The van der Waals surface area contributed by atoms with Crippen LogP contribution in [0.15, 0.2) is 21.7 Å². The van der Waals surface area contributed by atoms with Crippen LogP contribution in [0.4, 0.5) is 4.79 Å². The van der Waals surface area contributed by atoms with Crippen LogP contribution in [0, 0.1) is 0 Å². The van der Waals surface area contributed by atoms with E-state index in [4.69, 9.17) is 5.11 Å². The zero-order chi connectivity index (χ0) is 16.8. The van der Waals surface area contributed by atoms with Gasteiger partial charge in [-0.15, -0.1) is 11.3 Å². The first kappa shape index (κ1) is 18.4. The summed E-state index contributed by atoms with van der Waals surface area (Å²) in [6.07, 6.45) is -0.142. The average Bonchev–Trinajstić information content (AvgIpc) is 2.99. The molecule has 1 rings (SSSR count). The minimum absolute atomic E-state index is 0.0878. The van der Waals surface area contributed by atoms with E-state index in [2.05, 4.69) is 5.32 Å². The lowest BCUT2D eigenvalue weighted by molar-refractivity contribution is -0.137. The Bertz CT molecular complexity index is 600. The van der Waals surface area contributed by atoms with Gasteiger partial charge in [0.05, 0.1) is 6.42 Å². The monoisotopic (exact) mass is 349 g/mol. The fraction of sp³-hybridized carbons (Fsp3) is 0.500. The van der Waals surface area contributed by atoms with E-state index in [1.54, 1.807) is 11.4 Å². The van der Waals surface area contributed by atoms with E-state index in [1.165, 1.54) is 25.1 Å². The van der Waals surface area contributed by atoms with Crippen molar-refractivity contribution in [2.24, 2.45) is 0 Å². The lowest BCUT2D eigenvalue weighted by Crippen LogP contribution is -2.42. The van der Waals surface area contributed by atoms with Gasteiger partial charge in [-0.05, 0) is 11.4 Å². The first-order valence-corrected chi connectivity index (χ1v) is 8.77. The number of carbonyl (C=O) groups is 2. The Labute approximate surface area is 133 Å². The minimum atomic E-state index is -3.53. The topological polar surface area (TPSA) is 107 Å². The zero-order valence-electron chi connectivity index (χ0n) is 12.4. The second-order valence-corrected chi connectivity index (χ2v) is 7.78. The molecule has 0 saturated carbocycles. The number of nitrogens with one attached hydrogen (secondary N) is 1. The molecule has 10 heteroatoms. The molecule has 2 N–H and O–H groups in total. The molecule has 0 saturated heterocycles. The minimum Gasteiger partial charge on any atom is -0.481 e. The highest BCUT2D eigenvalue weighted by atomic mass is 32.2. The predicted molar refractivity (Wildman–Crippen MR) is 82.4 cm³/mol. The second-order valence-electron chi connectivity index (χ2n) is 4.56. The standard InChI is InChI=1S/C12H19N3O5S2/c1-14(7-5-10(16)17)12(18)13-6-8-15(2)22(19,20)11-4-3-9-21-11/h3-4,9H,5-8H2,1-2H3,(H,13,18)(H,16,17). The molecule has 124 valence electrons. The van der Waals surface area contributed by atoms with Crippen molar-refractivity contribution in [1.29, 1.82) is 0 Å². The first-order valence-electron chi connectivity index (χ1n) is 6.45. The molecular weight excluding hydrogens is 330 g/mol. The maximum atomic E-state index is 12.1. The second kappa shape index (κ2) is 8.11. The number of rotatable bonds is 8. The molecule has 2 amide bonds. The Kier molecular flexibility index (Phi) is 6.78. The molecule has 0 aliphatic heterocycles. The van der Waals surface area contributed by atoms with Gasteiger partial charge in [-0.2, -0.15) is 4.31 Å². The van der Waals surface area contributed by atoms with Crippen molar-refractivity contribution in [3.8, 4) is 0 Å². The Hall–Kier alpha value is -1.65. The molecule has 0 radical (unpaired) electrons. The highest BCUT2D eigenvalue weighted by molar-refractivity contribution is 7.91. The number of likely N-dealkylation sites (N-methyl/N-ethyl adjacent to an activating group) is 1. The predicted octanol–water partition coefficient (Wildman–Crippen LogP) is 0.485. The van der Waals surface area contributed by atoms with E-state index in [-0.39, 0.29) is 30.3 Å². The number of urea groups is 1. The van der Waals surface area contributed by atoms with Gasteiger partial charge in [0.1, 0.15) is 4.21 Å². The molecule has 8 nitrogen and oxygen atoms in total. The summed E-state index contributed by atoms with van der Waals surface area (Å²) in [5.74, 6) is -0.985. The van der Waals surface area contributed by atoms with E-state index in [0.717, 1.165) is 15.6 Å². The summed E-state index contributed by atoms with van der Waals surface area (Å²) in [5, 5.41) is 12.8. The van der Waals surface area contributed by atoms with Crippen LogP contribution in [0.2, 0.25) is 0 Å². The molecule has 0 aromatic carbocycles. The number of nitrogens with zero attached hydrogens (tertiary/aromatic N) is 2. The van der Waals surface area contributed by atoms with E-state index in [0.29, 0.717) is 0 Å².